The first kappa shape index (κ1) is 23.9. The van der Waals surface area contributed by atoms with Gasteiger partial charge in [-0.1, -0.05) is 30.3 Å². The number of anilines is 1. The predicted molar refractivity (Wildman–Crippen MR) is 134 cm³/mol. The average molecular weight is 461 g/mol. The number of rotatable bonds is 9. The summed E-state index contributed by atoms with van der Waals surface area (Å²) in [6.45, 7) is 3.43. The van der Waals surface area contributed by atoms with Crippen molar-refractivity contribution in [1.29, 1.82) is 0 Å². The SMILES string of the molecule is CN(Cc1ccccn1)C1CCN(c2ccc(CC(=O)NCCc3cccc(F)c3)cc2)CC1. The van der Waals surface area contributed by atoms with Crippen molar-refractivity contribution in [2.75, 3.05) is 31.6 Å². The van der Waals surface area contributed by atoms with Crippen molar-refractivity contribution >= 4 is 11.6 Å². The second-order valence-electron chi connectivity index (χ2n) is 9.03. The van der Waals surface area contributed by atoms with Crippen molar-refractivity contribution in [3.63, 3.8) is 0 Å². The zero-order chi connectivity index (χ0) is 23.8. The number of pyridine rings is 1. The van der Waals surface area contributed by atoms with Gasteiger partial charge in [-0.25, -0.2) is 4.39 Å². The van der Waals surface area contributed by atoms with Gasteiger partial charge in [0.2, 0.25) is 5.91 Å². The van der Waals surface area contributed by atoms with E-state index in [9.17, 15) is 9.18 Å². The molecule has 0 saturated carbocycles. The normalized spacial score (nSPS) is 14.4. The maximum Gasteiger partial charge on any atom is 0.224 e. The monoisotopic (exact) mass is 460 g/mol. The highest BCUT2D eigenvalue weighted by molar-refractivity contribution is 5.78. The first-order valence-corrected chi connectivity index (χ1v) is 12.0. The van der Waals surface area contributed by atoms with E-state index >= 15 is 0 Å². The predicted octanol–water partition coefficient (Wildman–Crippen LogP) is 4.22. The van der Waals surface area contributed by atoms with Gasteiger partial charge in [-0.2, -0.15) is 0 Å². The summed E-state index contributed by atoms with van der Waals surface area (Å²) in [5.74, 6) is -0.259. The van der Waals surface area contributed by atoms with Gasteiger partial charge in [0.25, 0.3) is 0 Å². The molecule has 0 spiro atoms. The molecular formula is C28H33FN4O. The fourth-order valence-corrected chi connectivity index (χ4v) is 4.55. The van der Waals surface area contributed by atoms with Gasteiger partial charge in [0.1, 0.15) is 5.82 Å². The van der Waals surface area contributed by atoms with Crippen LogP contribution in [0.2, 0.25) is 0 Å². The standard InChI is InChI=1S/C28H33FN4O/c1-32(21-25-7-2-3-15-30-25)26-13-17-33(18-14-26)27-10-8-23(9-11-27)20-28(34)31-16-12-22-5-4-6-24(29)19-22/h2-11,15,19,26H,12-14,16-18,20-21H2,1H3,(H,31,34). The molecule has 1 aliphatic heterocycles. The van der Waals surface area contributed by atoms with Crippen LogP contribution in [0.4, 0.5) is 10.1 Å². The topological polar surface area (TPSA) is 48.5 Å². The molecule has 1 amide bonds. The number of hydrogen-bond acceptors (Lipinski definition) is 4. The number of aromatic nitrogens is 1. The number of piperidine rings is 1. The summed E-state index contributed by atoms with van der Waals surface area (Å²) >= 11 is 0. The number of nitrogens with zero attached hydrogens (tertiary/aromatic N) is 3. The summed E-state index contributed by atoms with van der Waals surface area (Å²) in [6.07, 6.45) is 5.07. The van der Waals surface area contributed by atoms with Gasteiger partial charge in [0.15, 0.2) is 0 Å². The molecular weight excluding hydrogens is 427 g/mol. The molecule has 1 fully saturated rings. The first-order valence-electron chi connectivity index (χ1n) is 12.0. The van der Waals surface area contributed by atoms with Crippen LogP contribution in [0.3, 0.4) is 0 Å². The molecule has 0 bridgehead atoms. The van der Waals surface area contributed by atoms with E-state index in [1.54, 1.807) is 6.07 Å². The molecule has 1 aromatic heterocycles. The third kappa shape index (κ3) is 6.87. The summed E-state index contributed by atoms with van der Waals surface area (Å²) in [5.41, 5.74) is 4.20. The summed E-state index contributed by atoms with van der Waals surface area (Å²) in [7, 11) is 2.19. The zero-order valence-corrected chi connectivity index (χ0v) is 19.8. The number of amides is 1. The van der Waals surface area contributed by atoms with E-state index in [4.69, 9.17) is 0 Å². The van der Waals surface area contributed by atoms with E-state index in [1.807, 2.05) is 36.5 Å². The molecule has 5 nitrogen and oxygen atoms in total. The molecule has 34 heavy (non-hydrogen) atoms. The highest BCUT2D eigenvalue weighted by atomic mass is 19.1. The number of nitrogens with one attached hydrogen (secondary N) is 1. The van der Waals surface area contributed by atoms with Crippen LogP contribution < -0.4 is 10.2 Å². The van der Waals surface area contributed by atoms with Gasteiger partial charge in [-0.15, -0.1) is 0 Å². The number of carbonyl (C=O) groups excluding carboxylic acids is 1. The number of halogens is 1. The summed E-state index contributed by atoms with van der Waals surface area (Å²) in [4.78, 5) is 21.6. The van der Waals surface area contributed by atoms with Crippen LogP contribution in [0.25, 0.3) is 0 Å². The van der Waals surface area contributed by atoms with Crippen LogP contribution in [-0.2, 0) is 24.2 Å². The Balaban J connectivity index is 1.19. The number of carbonyl (C=O) groups is 1. The molecule has 178 valence electrons. The summed E-state index contributed by atoms with van der Waals surface area (Å²) in [5, 5.41) is 2.93. The molecule has 1 N–H and O–H groups in total. The van der Waals surface area contributed by atoms with Crippen LogP contribution in [0.15, 0.2) is 72.9 Å². The summed E-state index contributed by atoms with van der Waals surface area (Å²) in [6, 6.07) is 21.5. The van der Waals surface area contributed by atoms with Crippen molar-refractivity contribution in [2.45, 2.75) is 38.3 Å². The van der Waals surface area contributed by atoms with Crippen molar-refractivity contribution in [1.82, 2.24) is 15.2 Å². The van der Waals surface area contributed by atoms with Crippen LogP contribution in [0.5, 0.6) is 0 Å². The van der Waals surface area contributed by atoms with Gasteiger partial charge >= 0.3 is 0 Å². The van der Waals surface area contributed by atoms with E-state index in [0.29, 0.717) is 25.4 Å². The minimum Gasteiger partial charge on any atom is -0.371 e. The lowest BCUT2D eigenvalue weighted by Gasteiger charge is -2.37. The Kier molecular flexibility index (Phi) is 8.26. The molecule has 2 heterocycles. The molecule has 1 aliphatic rings. The summed E-state index contributed by atoms with van der Waals surface area (Å²) < 4.78 is 13.2. The lowest BCUT2D eigenvalue weighted by atomic mass is 10.0. The third-order valence-corrected chi connectivity index (χ3v) is 6.52. The minimum absolute atomic E-state index is 0.0130. The fraction of sp³-hybridized carbons (Fsp3) is 0.357. The van der Waals surface area contributed by atoms with E-state index in [-0.39, 0.29) is 11.7 Å². The smallest absolute Gasteiger partial charge is 0.224 e. The average Bonchev–Trinajstić information content (AvgIpc) is 2.85. The third-order valence-electron chi connectivity index (χ3n) is 6.52. The van der Waals surface area contributed by atoms with Crippen molar-refractivity contribution < 1.29 is 9.18 Å². The molecule has 6 heteroatoms. The fourth-order valence-electron chi connectivity index (χ4n) is 4.55. The van der Waals surface area contributed by atoms with Crippen LogP contribution >= 0.6 is 0 Å². The Morgan fingerprint density at radius 3 is 2.56 bits per heavy atom. The van der Waals surface area contributed by atoms with Gasteiger partial charge in [0.05, 0.1) is 12.1 Å². The Labute approximate surface area is 201 Å². The molecule has 2 aromatic carbocycles. The minimum atomic E-state index is -0.246. The van der Waals surface area contributed by atoms with Crippen LogP contribution in [-0.4, -0.2) is 48.5 Å². The van der Waals surface area contributed by atoms with Crippen LogP contribution in [0.1, 0.15) is 29.7 Å². The Morgan fingerprint density at radius 2 is 1.85 bits per heavy atom. The van der Waals surface area contributed by atoms with Gasteiger partial charge in [-0.05, 0) is 73.8 Å². The van der Waals surface area contributed by atoms with Crippen LogP contribution in [0, 0.1) is 5.82 Å². The molecule has 0 radical (unpaired) electrons. The van der Waals surface area contributed by atoms with E-state index in [1.165, 1.54) is 17.8 Å². The quantitative estimate of drug-likeness (QED) is 0.519. The molecule has 3 aromatic rings. The highest BCUT2D eigenvalue weighted by Crippen LogP contribution is 2.23. The Bertz CT molecular complexity index is 1050. The lowest BCUT2D eigenvalue weighted by Crippen LogP contribution is -2.43. The second-order valence-corrected chi connectivity index (χ2v) is 9.03. The first-order chi connectivity index (χ1) is 16.6. The largest absolute Gasteiger partial charge is 0.371 e. The second kappa shape index (κ2) is 11.7. The van der Waals surface area contributed by atoms with Gasteiger partial charge in [-0.3, -0.25) is 14.7 Å². The Hall–Kier alpha value is -3.25. The van der Waals surface area contributed by atoms with Gasteiger partial charge in [0, 0.05) is 44.1 Å². The van der Waals surface area contributed by atoms with Crippen molar-refractivity contribution in [2.24, 2.45) is 0 Å². The highest BCUT2D eigenvalue weighted by Gasteiger charge is 2.23. The molecule has 0 unspecified atom stereocenters. The van der Waals surface area contributed by atoms with E-state index in [2.05, 4.69) is 45.3 Å². The maximum absolute atomic E-state index is 13.2. The van der Waals surface area contributed by atoms with E-state index < -0.39 is 0 Å². The van der Waals surface area contributed by atoms with Crippen molar-refractivity contribution in [3.8, 4) is 0 Å². The Morgan fingerprint density at radius 1 is 1.06 bits per heavy atom. The molecule has 4 rings (SSSR count). The van der Waals surface area contributed by atoms with Gasteiger partial charge < -0.3 is 10.2 Å². The molecule has 0 aliphatic carbocycles. The number of benzene rings is 2. The van der Waals surface area contributed by atoms with E-state index in [0.717, 1.165) is 49.3 Å². The molecule has 0 atom stereocenters. The zero-order valence-electron chi connectivity index (χ0n) is 19.8. The lowest BCUT2D eigenvalue weighted by molar-refractivity contribution is -0.120. The number of hydrogen-bond donors (Lipinski definition) is 1. The van der Waals surface area contributed by atoms with Crippen molar-refractivity contribution in [3.05, 3.63) is 95.6 Å². The molecule has 1 saturated heterocycles. The maximum atomic E-state index is 13.2.